The molecule has 0 spiro atoms. The first kappa shape index (κ1) is 14.6. The summed E-state index contributed by atoms with van der Waals surface area (Å²) in [5.41, 5.74) is -0.676. The van der Waals surface area contributed by atoms with Gasteiger partial charge in [0.05, 0.1) is 12.5 Å². The van der Waals surface area contributed by atoms with Gasteiger partial charge in [-0.1, -0.05) is 19.3 Å². The SMILES string of the molecule is COc1cc(NCC2(C(=O)O)CCCCC2)nc(C)n1. The first-order valence-corrected chi connectivity index (χ1v) is 6.93. The van der Waals surface area contributed by atoms with Crippen LogP contribution in [-0.4, -0.2) is 34.7 Å². The van der Waals surface area contributed by atoms with E-state index in [1.54, 1.807) is 20.1 Å². The summed E-state index contributed by atoms with van der Waals surface area (Å²) in [4.78, 5) is 20.0. The van der Waals surface area contributed by atoms with Gasteiger partial charge in [-0.2, -0.15) is 4.98 Å². The van der Waals surface area contributed by atoms with Gasteiger partial charge < -0.3 is 15.2 Å². The van der Waals surface area contributed by atoms with E-state index in [0.717, 1.165) is 32.1 Å². The first-order chi connectivity index (χ1) is 9.55. The van der Waals surface area contributed by atoms with Crippen molar-refractivity contribution in [3.63, 3.8) is 0 Å². The number of aromatic nitrogens is 2. The van der Waals surface area contributed by atoms with Crippen LogP contribution in [0.4, 0.5) is 5.82 Å². The molecule has 1 fully saturated rings. The van der Waals surface area contributed by atoms with Gasteiger partial charge in [-0.25, -0.2) is 4.98 Å². The number of rotatable bonds is 5. The van der Waals surface area contributed by atoms with Crippen LogP contribution in [0.3, 0.4) is 0 Å². The average molecular weight is 279 g/mol. The molecule has 110 valence electrons. The van der Waals surface area contributed by atoms with E-state index in [9.17, 15) is 9.90 Å². The zero-order valence-corrected chi connectivity index (χ0v) is 12.0. The van der Waals surface area contributed by atoms with Crippen LogP contribution < -0.4 is 10.1 Å². The van der Waals surface area contributed by atoms with Crippen molar-refractivity contribution in [3.8, 4) is 5.88 Å². The highest BCUT2D eigenvalue weighted by Crippen LogP contribution is 2.36. The Kier molecular flexibility index (Phi) is 4.42. The zero-order chi connectivity index (χ0) is 14.6. The number of carboxylic acids is 1. The largest absolute Gasteiger partial charge is 0.481 e. The summed E-state index contributed by atoms with van der Waals surface area (Å²) in [5.74, 6) is 0.968. The minimum Gasteiger partial charge on any atom is -0.481 e. The molecule has 6 nitrogen and oxygen atoms in total. The molecule has 1 saturated carbocycles. The molecule has 1 aliphatic carbocycles. The Hall–Kier alpha value is -1.85. The summed E-state index contributed by atoms with van der Waals surface area (Å²) in [6.07, 6.45) is 4.50. The molecule has 2 rings (SSSR count). The van der Waals surface area contributed by atoms with E-state index in [2.05, 4.69) is 15.3 Å². The van der Waals surface area contributed by atoms with Crippen LogP contribution >= 0.6 is 0 Å². The van der Waals surface area contributed by atoms with Crippen LogP contribution in [0.2, 0.25) is 0 Å². The van der Waals surface area contributed by atoms with Crippen LogP contribution in [0, 0.1) is 12.3 Å². The summed E-state index contributed by atoms with van der Waals surface area (Å²) in [5, 5.41) is 12.7. The minimum atomic E-state index is -0.720. The standard InChI is InChI=1S/C14H21N3O3/c1-10-16-11(8-12(17-10)20-2)15-9-14(13(18)19)6-4-3-5-7-14/h8H,3-7,9H2,1-2H3,(H,18,19)(H,15,16,17). The lowest BCUT2D eigenvalue weighted by Crippen LogP contribution is -2.39. The van der Waals surface area contributed by atoms with Gasteiger partial charge in [0.2, 0.25) is 5.88 Å². The van der Waals surface area contributed by atoms with E-state index in [-0.39, 0.29) is 0 Å². The molecule has 0 amide bonds. The summed E-state index contributed by atoms with van der Waals surface area (Å²) in [6, 6.07) is 1.69. The van der Waals surface area contributed by atoms with Crippen LogP contribution in [0.25, 0.3) is 0 Å². The molecular weight excluding hydrogens is 258 g/mol. The molecule has 0 aromatic carbocycles. The van der Waals surface area contributed by atoms with Gasteiger partial charge in [0.1, 0.15) is 11.6 Å². The second kappa shape index (κ2) is 6.07. The molecule has 1 aromatic rings. The number of hydrogen-bond donors (Lipinski definition) is 2. The monoisotopic (exact) mass is 279 g/mol. The molecule has 1 aliphatic rings. The molecule has 1 heterocycles. The molecule has 1 aromatic heterocycles. The number of carboxylic acid groups (broad SMARTS) is 1. The van der Waals surface area contributed by atoms with E-state index >= 15 is 0 Å². The number of aryl methyl sites for hydroxylation is 1. The predicted octanol–water partition coefficient (Wildman–Crippen LogP) is 2.24. The quantitative estimate of drug-likeness (QED) is 0.860. The van der Waals surface area contributed by atoms with Gasteiger partial charge in [-0.3, -0.25) is 4.79 Å². The predicted molar refractivity (Wildman–Crippen MR) is 75.0 cm³/mol. The van der Waals surface area contributed by atoms with Gasteiger partial charge in [-0.05, 0) is 19.8 Å². The number of anilines is 1. The Morgan fingerprint density at radius 1 is 1.40 bits per heavy atom. The van der Waals surface area contributed by atoms with E-state index in [1.807, 2.05) is 0 Å². The van der Waals surface area contributed by atoms with Crippen molar-refractivity contribution in [2.75, 3.05) is 19.0 Å². The fourth-order valence-corrected chi connectivity index (χ4v) is 2.69. The number of nitrogens with zero attached hydrogens (tertiary/aromatic N) is 2. The third kappa shape index (κ3) is 3.18. The Balaban J connectivity index is 2.09. The number of carbonyl (C=O) groups is 1. The summed E-state index contributed by atoms with van der Waals surface area (Å²) in [7, 11) is 1.55. The lowest BCUT2D eigenvalue weighted by molar-refractivity contribution is -0.150. The maximum Gasteiger partial charge on any atom is 0.311 e. The Morgan fingerprint density at radius 2 is 2.10 bits per heavy atom. The van der Waals surface area contributed by atoms with Crippen molar-refractivity contribution < 1.29 is 14.6 Å². The van der Waals surface area contributed by atoms with Gasteiger partial charge in [0, 0.05) is 12.6 Å². The van der Waals surface area contributed by atoms with E-state index in [1.165, 1.54) is 0 Å². The van der Waals surface area contributed by atoms with Crippen LogP contribution in [0.1, 0.15) is 37.9 Å². The highest BCUT2D eigenvalue weighted by molar-refractivity contribution is 5.75. The maximum absolute atomic E-state index is 11.6. The highest BCUT2D eigenvalue weighted by Gasteiger charge is 2.39. The molecule has 0 unspecified atom stereocenters. The average Bonchev–Trinajstić information content (AvgIpc) is 2.45. The van der Waals surface area contributed by atoms with Crippen molar-refractivity contribution >= 4 is 11.8 Å². The lowest BCUT2D eigenvalue weighted by Gasteiger charge is -2.33. The third-order valence-electron chi connectivity index (χ3n) is 3.90. The van der Waals surface area contributed by atoms with Crippen molar-refractivity contribution in [1.82, 2.24) is 9.97 Å². The Bertz CT molecular complexity index is 485. The fourth-order valence-electron chi connectivity index (χ4n) is 2.69. The van der Waals surface area contributed by atoms with Gasteiger partial charge in [0.25, 0.3) is 0 Å². The molecule has 0 aliphatic heterocycles. The van der Waals surface area contributed by atoms with E-state index in [4.69, 9.17) is 4.74 Å². The second-order valence-electron chi connectivity index (χ2n) is 5.34. The maximum atomic E-state index is 11.6. The highest BCUT2D eigenvalue weighted by atomic mass is 16.5. The molecule has 0 saturated heterocycles. The molecule has 6 heteroatoms. The summed E-state index contributed by atoms with van der Waals surface area (Å²) in [6.45, 7) is 2.17. The zero-order valence-electron chi connectivity index (χ0n) is 12.0. The van der Waals surface area contributed by atoms with E-state index in [0.29, 0.717) is 24.1 Å². The van der Waals surface area contributed by atoms with Crippen LogP contribution in [0.5, 0.6) is 5.88 Å². The van der Waals surface area contributed by atoms with Crippen molar-refractivity contribution in [2.45, 2.75) is 39.0 Å². The molecule has 0 atom stereocenters. The van der Waals surface area contributed by atoms with Gasteiger partial charge in [-0.15, -0.1) is 0 Å². The minimum absolute atomic E-state index is 0.391. The molecule has 20 heavy (non-hydrogen) atoms. The lowest BCUT2D eigenvalue weighted by atomic mass is 9.74. The Morgan fingerprint density at radius 3 is 2.70 bits per heavy atom. The number of ether oxygens (including phenoxy) is 1. The third-order valence-corrected chi connectivity index (χ3v) is 3.90. The number of hydrogen-bond acceptors (Lipinski definition) is 5. The fraction of sp³-hybridized carbons (Fsp3) is 0.643. The van der Waals surface area contributed by atoms with Crippen molar-refractivity contribution in [2.24, 2.45) is 5.41 Å². The molecule has 0 radical (unpaired) electrons. The molecule has 2 N–H and O–H groups in total. The van der Waals surface area contributed by atoms with Gasteiger partial charge >= 0.3 is 5.97 Å². The Labute approximate surface area is 118 Å². The van der Waals surface area contributed by atoms with Gasteiger partial charge in [0.15, 0.2) is 0 Å². The van der Waals surface area contributed by atoms with E-state index < -0.39 is 11.4 Å². The van der Waals surface area contributed by atoms with Crippen molar-refractivity contribution in [1.29, 1.82) is 0 Å². The number of methoxy groups -OCH3 is 1. The summed E-state index contributed by atoms with van der Waals surface area (Å²) >= 11 is 0. The van der Waals surface area contributed by atoms with Crippen molar-refractivity contribution in [3.05, 3.63) is 11.9 Å². The first-order valence-electron chi connectivity index (χ1n) is 6.93. The smallest absolute Gasteiger partial charge is 0.311 e. The van der Waals surface area contributed by atoms with Crippen LogP contribution in [0.15, 0.2) is 6.07 Å². The second-order valence-corrected chi connectivity index (χ2v) is 5.34. The molecular formula is C14H21N3O3. The topological polar surface area (TPSA) is 84.3 Å². The normalized spacial score (nSPS) is 17.5. The molecule has 0 bridgehead atoms. The number of nitrogens with one attached hydrogen (secondary N) is 1. The number of aliphatic carboxylic acids is 1. The van der Waals surface area contributed by atoms with Crippen LogP contribution in [-0.2, 0) is 4.79 Å². The summed E-state index contributed by atoms with van der Waals surface area (Å²) < 4.78 is 5.09.